The number of nitrogens with two attached hydrogens (primary N) is 1. The molecule has 5 nitrogen and oxygen atoms in total. The van der Waals surface area contributed by atoms with Gasteiger partial charge in [0.2, 0.25) is 0 Å². The Morgan fingerprint density at radius 3 is 2.89 bits per heavy atom. The molecule has 0 amide bonds. The molecule has 2 aromatic heterocycles. The Bertz CT molecular complexity index is 628. The van der Waals surface area contributed by atoms with Crippen molar-refractivity contribution in [2.24, 2.45) is 5.73 Å². The van der Waals surface area contributed by atoms with Crippen molar-refractivity contribution < 1.29 is 9.53 Å². The third-order valence-corrected chi connectivity index (χ3v) is 2.82. The van der Waals surface area contributed by atoms with Crippen LogP contribution in [0.4, 0.5) is 0 Å². The number of aromatic nitrogens is 2. The number of fused-ring (bicyclic) bond motifs is 1. The van der Waals surface area contributed by atoms with E-state index in [-0.39, 0.29) is 5.78 Å². The van der Waals surface area contributed by atoms with Crippen molar-refractivity contribution in [2.75, 3.05) is 7.11 Å². The third-order valence-electron chi connectivity index (χ3n) is 2.82. The highest BCUT2D eigenvalue weighted by Crippen LogP contribution is 2.19. The van der Waals surface area contributed by atoms with Crippen LogP contribution in [-0.4, -0.2) is 22.3 Å². The van der Waals surface area contributed by atoms with Crippen molar-refractivity contribution in [3.8, 4) is 0 Å². The van der Waals surface area contributed by atoms with Crippen molar-refractivity contribution >= 4 is 17.2 Å². The number of ether oxygens (including phenoxy) is 1. The second kappa shape index (κ2) is 4.62. The fourth-order valence-electron chi connectivity index (χ4n) is 1.82. The fraction of sp³-hybridized carbons (Fsp3) is 0.231. The molecule has 2 N–H and O–H groups in total. The Labute approximate surface area is 105 Å². The summed E-state index contributed by atoms with van der Waals surface area (Å²) < 4.78 is 6.88. The lowest BCUT2D eigenvalue weighted by Crippen LogP contribution is -2.07. The van der Waals surface area contributed by atoms with E-state index in [1.54, 1.807) is 12.3 Å². The fourth-order valence-corrected chi connectivity index (χ4v) is 1.82. The second-order valence-corrected chi connectivity index (χ2v) is 3.94. The number of nitrogens with zero attached hydrogens (tertiary/aromatic N) is 2. The van der Waals surface area contributed by atoms with Gasteiger partial charge in [-0.05, 0) is 19.1 Å². The van der Waals surface area contributed by atoms with Crippen molar-refractivity contribution in [3.63, 3.8) is 0 Å². The number of carbonyl (C=O) groups is 1. The van der Waals surface area contributed by atoms with E-state index in [1.807, 2.05) is 10.5 Å². The van der Waals surface area contributed by atoms with Crippen LogP contribution in [0, 0.1) is 0 Å². The molecule has 0 aliphatic heterocycles. The highest BCUT2D eigenvalue weighted by Gasteiger charge is 2.13. The maximum absolute atomic E-state index is 11.5. The zero-order valence-electron chi connectivity index (χ0n) is 10.4. The first-order valence-electron chi connectivity index (χ1n) is 5.53. The molecular formula is C13H15N3O2. The summed E-state index contributed by atoms with van der Waals surface area (Å²) >= 11 is 0. The van der Waals surface area contributed by atoms with Crippen LogP contribution >= 0.6 is 0 Å². The molecule has 2 rings (SSSR count). The highest BCUT2D eigenvalue weighted by molar-refractivity contribution is 6.00. The van der Waals surface area contributed by atoms with Crippen LogP contribution in [0.5, 0.6) is 0 Å². The van der Waals surface area contributed by atoms with Crippen LogP contribution in [0.25, 0.3) is 11.4 Å². The average molecular weight is 245 g/mol. The molecule has 0 aromatic carbocycles. The van der Waals surface area contributed by atoms with Crippen LogP contribution < -0.4 is 5.73 Å². The van der Waals surface area contributed by atoms with Crippen LogP contribution in [0.1, 0.15) is 28.7 Å². The number of hydrogen-bond acceptors (Lipinski definition) is 4. The molecule has 94 valence electrons. The Morgan fingerprint density at radius 2 is 2.33 bits per heavy atom. The van der Waals surface area contributed by atoms with Gasteiger partial charge in [0.15, 0.2) is 5.78 Å². The van der Waals surface area contributed by atoms with Crippen LogP contribution in [0.15, 0.2) is 24.9 Å². The van der Waals surface area contributed by atoms with Gasteiger partial charge in [0.05, 0.1) is 12.7 Å². The van der Waals surface area contributed by atoms with Gasteiger partial charge in [0, 0.05) is 18.4 Å². The maximum atomic E-state index is 11.5. The van der Waals surface area contributed by atoms with Gasteiger partial charge in [-0.1, -0.05) is 6.58 Å². The summed E-state index contributed by atoms with van der Waals surface area (Å²) in [4.78, 5) is 15.9. The second-order valence-electron chi connectivity index (χ2n) is 3.94. The van der Waals surface area contributed by atoms with E-state index in [2.05, 4.69) is 11.6 Å². The Kier molecular flexibility index (Phi) is 3.16. The van der Waals surface area contributed by atoms with Crippen LogP contribution in [0.3, 0.4) is 0 Å². The smallest absolute Gasteiger partial charge is 0.163 e. The van der Waals surface area contributed by atoms with E-state index in [0.29, 0.717) is 29.2 Å². The molecular weight excluding hydrogens is 230 g/mol. The summed E-state index contributed by atoms with van der Waals surface area (Å²) in [6, 6.07) is 3.55. The van der Waals surface area contributed by atoms with Crippen molar-refractivity contribution in [1.82, 2.24) is 9.38 Å². The Hall–Kier alpha value is -2.14. The minimum Gasteiger partial charge on any atom is -0.495 e. The predicted octanol–water partition coefficient (Wildman–Crippen LogP) is 1.61. The molecule has 2 aromatic rings. The lowest BCUT2D eigenvalue weighted by molar-refractivity contribution is 0.101. The Balaban J connectivity index is 2.74. The van der Waals surface area contributed by atoms with Gasteiger partial charge in [-0.25, -0.2) is 4.98 Å². The van der Waals surface area contributed by atoms with Gasteiger partial charge in [-0.3, -0.25) is 4.79 Å². The van der Waals surface area contributed by atoms with E-state index in [1.165, 1.54) is 14.0 Å². The molecule has 0 fully saturated rings. The molecule has 0 bridgehead atoms. The Morgan fingerprint density at radius 1 is 1.61 bits per heavy atom. The van der Waals surface area contributed by atoms with Gasteiger partial charge < -0.3 is 14.9 Å². The minimum absolute atomic E-state index is 0.0341. The molecule has 5 heteroatoms. The molecule has 2 heterocycles. The first-order chi connectivity index (χ1) is 8.58. The number of methoxy groups -OCH3 is 1. The van der Waals surface area contributed by atoms with Crippen molar-refractivity contribution in [3.05, 3.63) is 41.9 Å². The summed E-state index contributed by atoms with van der Waals surface area (Å²) in [6.07, 6.45) is 1.79. The molecule has 0 aliphatic carbocycles. The van der Waals surface area contributed by atoms with E-state index in [4.69, 9.17) is 10.5 Å². The van der Waals surface area contributed by atoms with Gasteiger partial charge in [0.1, 0.15) is 17.1 Å². The zero-order chi connectivity index (χ0) is 13.3. The summed E-state index contributed by atoms with van der Waals surface area (Å²) in [7, 11) is 1.53. The van der Waals surface area contributed by atoms with Gasteiger partial charge in [0.25, 0.3) is 0 Å². The number of carbonyl (C=O) groups excluding carboxylic acids is 1. The first kappa shape index (κ1) is 12.3. The molecule has 0 atom stereocenters. The van der Waals surface area contributed by atoms with Crippen LogP contribution in [-0.2, 0) is 11.3 Å². The lowest BCUT2D eigenvalue weighted by Gasteiger charge is -2.09. The average Bonchev–Trinajstić information content (AvgIpc) is 2.80. The normalized spacial score (nSPS) is 10.6. The number of hydrogen-bond donors (Lipinski definition) is 1. The first-order valence-corrected chi connectivity index (χ1v) is 5.53. The third kappa shape index (κ3) is 1.89. The molecule has 0 saturated heterocycles. The van der Waals surface area contributed by atoms with E-state index < -0.39 is 0 Å². The summed E-state index contributed by atoms with van der Waals surface area (Å²) in [5.41, 5.74) is 8.29. The SMILES string of the molecule is C=C(OC)c1cc(CN)n2ccc(C(C)=O)c2n1. The van der Waals surface area contributed by atoms with E-state index in [9.17, 15) is 4.79 Å². The van der Waals surface area contributed by atoms with Crippen molar-refractivity contribution in [1.29, 1.82) is 0 Å². The van der Waals surface area contributed by atoms with Gasteiger partial charge in [-0.2, -0.15) is 0 Å². The number of rotatable bonds is 4. The predicted molar refractivity (Wildman–Crippen MR) is 69.1 cm³/mol. The van der Waals surface area contributed by atoms with Crippen LogP contribution in [0.2, 0.25) is 0 Å². The topological polar surface area (TPSA) is 69.6 Å². The molecule has 0 unspecified atom stereocenters. The largest absolute Gasteiger partial charge is 0.495 e. The number of Topliss-reactive ketones (excluding diaryl/α,β-unsaturated/α-hetero) is 1. The molecule has 0 spiro atoms. The molecule has 0 aliphatic rings. The maximum Gasteiger partial charge on any atom is 0.163 e. The van der Waals surface area contributed by atoms with Gasteiger partial charge >= 0.3 is 0 Å². The summed E-state index contributed by atoms with van der Waals surface area (Å²) in [6.45, 7) is 5.62. The molecule has 0 saturated carbocycles. The van der Waals surface area contributed by atoms with E-state index >= 15 is 0 Å². The quantitative estimate of drug-likeness (QED) is 0.656. The summed E-state index contributed by atoms with van der Waals surface area (Å²) in [5, 5.41) is 0. The molecule has 18 heavy (non-hydrogen) atoms. The zero-order valence-corrected chi connectivity index (χ0v) is 10.4. The highest BCUT2D eigenvalue weighted by atomic mass is 16.5. The monoisotopic (exact) mass is 245 g/mol. The number of ketones is 1. The van der Waals surface area contributed by atoms with E-state index in [0.717, 1.165) is 5.69 Å². The standard InChI is InChI=1S/C13H15N3O2/c1-8(17)11-4-5-16-10(7-14)6-12(9(2)18-3)15-13(11)16/h4-6H,2,7,14H2,1,3H3. The lowest BCUT2D eigenvalue weighted by atomic mass is 10.2. The molecule has 0 radical (unpaired) electrons. The van der Waals surface area contributed by atoms with Gasteiger partial charge in [-0.15, -0.1) is 0 Å². The van der Waals surface area contributed by atoms with Crippen molar-refractivity contribution in [2.45, 2.75) is 13.5 Å². The minimum atomic E-state index is -0.0341. The summed E-state index contributed by atoms with van der Waals surface area (Å²) in [5.74, 6) is 0.413.